The van der Waals surface area contributed by atoms with Crippen LogP contribution < -0.4 is 5.56 Å². The zero-order valence-electron chi connectivity index (χ0n) is 16.5. The van der Waals surface area contributed by atoms with Crippen LogP contribution in [0.3, 0.4) is 0 Å². The van der Waals surface area contributed by atoms with E-state index < -0.39 is 0 Å². The van der Waals surface area contributed by atoms with Gasteiger partial charge in [-0.3, -0.25) is 14.2 Å². The Bertz CT molecular complexity index is 1260. The fourth-order valence-corrected chi connectivity index (χ4v) is 4.48. The Morgan fingerprint density at radius 2 is 1.97 bits per heavy atom. The Hall–Kier alpha value is -2.83. The molecule has 0 bridgehead atoms. The van der Waals surface area contributed by atoms with Crippen LogP contribution >= 0.6 is 11.3 Å². The first kappa shape index (κ1) is 19.5. The molecule has 5 nitrogen and oxygen atoms in total. The van der Waals surface area contributed by atoms with Crippen LogP contribution in [0, 0.1) is 0 Å². The third kappa shape index (κ3) is 3.86. The number of thiophene rings is 1. The van der Waals surface area contributed by atoms with Crippen LogP contribution in [0.5, 0.6) is 0 Å². The maximum atomic E-state index is 13.4. The van der Waals surface area contributed by atoms with Crippen molar-refractivity contribution < 1.29 is 9.53 Å². The molecule has 0 aliphatic heterocycles. The smallest absolute Gasteiger partial charge is 0.262 e. The summed E-state index contributed by atoms with van der Waals surface area (Å²) in [6.07, 6.45) is 0.839. The van der Waals surface area contributed by atoms with E-state index in [0.717, 1.165) is 26.7 Å². The Labute approximate surface area is 172 Å². The van der Waals surface area contributed by atoms with Crippen molar-refractivity contribution in [1.29, 1.82) is 0 Å². The summed E-state index contributed by atoms with van der Waals surface area (Å²) in [5.41, 5.74) is 1.80. The van der Waals surface area contributed by atoms with Crippen LogP contribution in [-0.2, 0) is 22.5 Å². The summed E-state index contributed by atoms with van der Waals surface area (Å²) in [6.45, 7) is 2.35. The molecule has 148 valence electrons. The molecule has 6 heteroatoms. The van der Waals surface area contributed by atoms with Gasteiger partial charge in [-0.05, 0) is 29.3 Å². The van der Waals surface area contributed by atoms with E-state index in [9.17, 15) is 9.59 Å². The van der Waals surface area contributed by atoms with Crippen molar-refractivity contribution in [3.05, 3.63) is 64.0 Å². The second kappa shape index (κ2) is 8.27. The molecular weight excluding hydrogens is 384 g/mol. The number of benzene rings is 2. The highest BCUT2D eigenvalue weighted by molar-refractivity contribution is 7.17. The number of hydrogen-bond donors (Lipinski definition) is 0. The lowest BCUT2D eigenvalue weighted by Gasteiger charge is -2.12. The van der Waals surface area contributed by atoms with E-state index in [1.54, 1.807) is 11.7 Å². The quantitative estimate of drug-likeness (QED) is 0.455. The lowest BCUT2D eigenvalue weighted by atomic mass is 10.0. The third-order valence-corrected chi connectivity index (χ3v) is 5.92. The first-order valence-corrected chi connectivity index (χ1v) is 10.4. The van der Waals surface area contributed by atoms with E-state index in [-0.39, 0.29) is 11.3 Å². The number of hydrogen-bond acceptors (Lipinski definition) is 5. The average molecular weight is 407 g/mol. The number of nitrogens with zero attached hydrogens (tertiary/aromatic N) is 2. The molecule has 0 saturated heterocycles. The molecule has 0 aliphatic carbocycles. The van der Waals surface area contributed by atoms with Gasteiger partial charge in [0.1, 0.15) is 16.4 Å². The summed E-state index contributed by atoms with van der Waals surface area (Å²) >= 11 is 1.48. The number of carbonyl (C=O) groups is 1. The summed E-state index contributed by atoms with van der Waals surface area (Å²) in [6, 6.07) is 14.4. The van der Waals surface area contributed by atoms with Crippen molar-refractivity contribution in [3.8, 4) is 11.1 Å². The molecule has 0 N–H and O–H groups in total. The largest absolute Gasteiger partial charge is 0.384 e. The number of ketones is 1. The van der Waals surface area contributed by atoms with Crippen molar-refractivity contribution in [1.82, 2.24) is 9.55 Å². The van der Waals surface area contributed by atoms with Crippen molar-refractivity contribution in [2.45, 2.75) is 26.3 Å². The molecule has 0 saturated carbocycles. The molecule has 0 atom stereocenters. The van der Waals surface area contributed by atoms with Crippen LogP contribution in [-0.4, -0.2) is 29.1 Å². The van der Waals surface area contributed by atoms with Crippen LogP contribution in [0.15, 0.2) is 52.6 Å². The summed E-state index contributed by atoms with van der Waals surface area (Å²) < 4.78 is 6.81. The summed E-state index contributed by atoms with van der Waals surface area (Å²) in [5.74, 6) is 0.715. The minimum Gasteiger partial charge on any atom is -0.384 e. The van der Waals surface area contributed by atoms with Crippen LogP contribution in [0.25, 0.3) is 32.1 Å². The average Bonchev–Trinajstić information content (AvgIpc) is 3.15. The molecule has 0 aliphatic rings. The second-order valence-electron chi connectivity index (χ2n) is 7.07. The van der Waals surface area contributed by atoms with Crippen molar-refractivity contribution in [2.24, 2.45) is 0 Å². The number of aromatic nitrogens is 2. The van der Waals surface area contributed by atoms with Crippen LogP contribution in [0.2, 0.25) is 0 Å². The van der Waals surface area contributed by atoms with Crippen molar-refractivity contribution in [2.75, 3.05) is 13.7 Å². The molecule has 0 unspecified atom stereocenters. The van der Waals surface area contributed by atoms with E-state index in [4.69, 9.17) is 9.72 Å². The SMILES string of the molecule is COCCc1nc2scc(-c3ccc4ccccc4c3)c2c(=O)n1CCC(C)=O. The summed E-state index contributed by atoms with van der Waals surface area (Å²) in [7, 11) is 1.62. The zero-order valence-corrected chi connectivity index (χ0v) is 17.3. The molecule has 0 spiro atoms. The first-order chi connectivity index (χ1) is 14.1. The van der Waals surface area contributed by atoms with Gasteiger partial charge in [0.25, 0.3) is 5.56 Å². The molecule has 0 radical (unpaired) electrons. The predicted molar refractivity (Wildman–Crippen MR) is 118 cm³/mol. The van der Waals surface area contributed by atoms with E-state index in [1.807, 2.05) is 23.6 Å². The first-order valence-electron chi connectivity index (χ1n) is 9.57. The number of ether oxygens (including phenoxy) is 1. The summed E-state index contributed by atoms with van der Waals surface area (Å²) in [5, 5.41) is 4.91. The molecule has 29 heavy (non-hydrogen) atoms. The Balaban J connectivity index is 1.88. The number of methoxy groups -OCH3 is 1. The lowest BCUT2D eigenvalue weighted by Crippen LogP contribution is -2.26. The number of Topliss-reactive ketones (excluding diaryl/α,β-unsaturated/α-hetero) is 1. The molecule has 4 rings (SSSR count). The Kier molecular flexibility index (Phi) is 5.56. The van der Waals surface area contributed by atoms with E-state index in [2.05, 4.69) is 24.3 Å². The van der Waals surface area contributed by atoms with Gasteiger partial charge in [-0.15, -0.1) is 11.3 Å². The molecule has 0 amide bonds. The van der Waals surface area contributed by atoms with Gasteiger partial charge in [0.15, 0.2) is 0 Å². The zero-order chi connectivity index (χ0) is 20.4. The molecule has 2 aromatic heterocycles. The maximum absolute atomic E-state index is 13.4. The van der Waals surface area contributed by atoms with Gasteiger partial charge in [0.05, 0.1) is 12.0 Å². The second-order valence-corrected chi connectivity index (χ2v) is 7.93. The molecule has 2 aromatic carbocycles. The van der Waals surface area contributed by atoms with Crippen LogP contribution in [0.4, 0.5) is 0 Å². The monoisotopic (exact) mass is 406 g/mol. The van der Waals surface area contributed by atoms with Gasteiger partial charge in [0.2, 0.25) is 0 Å². The van der Waals surface area contributed by atoms with Crippen LogP contribution in [0.1, 0.15) is 19.2 Å². The van der Waals surface area contributed by atoms with Crippen molar-refractivity contribution >= 4 is 38.1 Å². The van der Waals surface area contributed by atoms with Gasteiger partial charge in [-0.2, -0.15) is 0 Å². The van der Waals surface area contributed by atoms with E-state index in [1.165, 1.54) is 18.3 Å². The lowest BCUT2D eigenvalue weighted by molar-refractivity contribution is -0.117. The highest BCUT2D eigenvalue weighted by Gasteiger charge is 2.17. The Morgan fingerprint density at radius 1 is 1.17 bits per heavy atom. The number of fused-ring (bicyclic) bond motifs is 2. The fraction of sp³-hybridized carbons (Fsp3) is 0.261. The highest BCUT2D eigenvalue weighted by atomic mass is 32.1. The normalized spacial score (nSPS) is 11.4. The Morgan fingerprint density at radius 3 is 2.72 bits per heavy atom. The van der Waals surface area contributed by atoms with Gasteiger partial charge < -0.3 is 4.74 Å². The summed E-state index contributed by atoms with van der Waals surface area (Å²) in [4.78, 5) is 30.4. The number of carbonyl (C=O) groups excluding carboxylic acids is 1. The fourth-order valence-electron chi connectivity index (χ4n) is 3.52. The van der Waals surface area contributed by atoms with Crippen molar-refractivity contribution in [3.63, 3.8) is 0 Å². The molecule has 4 aromatic rings. The molecule has 2 heterocycles. The van der Waals surface area contributed by atoms with E-state index in [0.29, 0.717) is 37.2 Å². The number of rotatable bonds is 7. The van der Waals surface area contributed by atoms with Gasteiger partial charge in [0, 0.05) is 37.4 Å². The minimum atomic E-state index is -0.0910. The standard InChI is InChI=1S/C23H22N2O3S/c1-15(26)9-11-25-20(10-12-28-2)24-22-21(23(25)27)19(14-29-22)18-8-7-16-5-3-4-6-17(16)13-18/h3-8,13-14H,9-12H2,1-2H3. The van der Waals surface area contributed by atoms with Gasteiger partial charge in [-0.1, -0.05) is 36.4 Å². The molecular formula is C23H22N2O3S. The minimum absolute atomic E-state index is 0.0507. The van der Waals surface area contributed by atoms with Gasteiger partial charge >= 0.3 is 0 Å². The van der Waals surface area contributed by atoms with Gasteiger partial charge in [-0.25, -0.2) is 4.98 Å². The highest BCUT2D eigenvalue weighted by Crippen LogP contribution is 2.33. The topological polar surface area (TPSA) is 61.2 Å². The maximum Gasteiger partial charge on any atom is 0.262 e. The molecule has 0 fully saturated rings. The third-order valence-electron chi connectivity index (χ3n) is 5.05. The predicted octanol–water partition coefficient (Wildman–Crippen LogP) is 4.45. The van der Waals surface area contributed by atoms with E-state index >= 15 is 0 Å².